The molecule has 5 nitrogen and oxygen atoms in total. The van der Waals surface area contributed by atoms with Crippen molar-refractivity contribution in [3.05, 3.63) is 29.6 Å². The average molecular weight is 306 g/mol. The molecule has 0 amide bonds. The molecule has 7 heteroatoms. The number of carbonyl (C=O) groups excluding carboxylic acids is 1. The quantitative estimate of drug-likeness (QED) is 0.811. The molecule has 2 aromatic rings. The van der Waals surface area contributed by atoms with E-state index >= 15 is 0 Å². The van der Waals surface area contributed by atoms with Gasteiger partial charge in [-0.3, -0.25) is 4.79 Å². The van der Waals surface area contributed by atoms with Crippen LogP contribution in [0, 0.1) is 5.82 Å². The van der Waals surface area contributed by atoms with Crippen LogP contribution in [-0.4, -0.2) is 26.0 Å². The van der Waals surface area contributed by atoms with Gasteiger partial charge in [0.25, 0.3) is 0 Å². The fourth-order valence-electron chi connectivity index (χ4n) is 2.66. The molecule has 0 atom stereocenters. The minimum atomic E-state index is -0.507. The van der Waals surface area contributed by atoms with Gasteiger partial charge in [0, 0.05) is 4.90 Å². The van der Waals surface area contributed by atoms with Crippen LogP contribution in [0.2, 0.25) is 0 Å². The molecule has 0 N–H and O–H groups in total. The van der Waals surface area contributed by atoms with Crippen LogP contribution in [-0.2, 0) is 0 Å². The van der Waals surface area contributed by atoms with Gasteiger partial charge in [-0.15, -0.1) is 5.10 Å². The Balaban J connectivity index is 1.93. The lowest BCUT2D eigenvalue weighted by molar-refractivity contribution is 0.101. The standard InChI is InChI=1S/C14H15FN4OS/c1-9(20)13-11(15)7-4-8-12(13)21-14-16-17-18-19(14)10-5-2-3-6-10/h4,7-8,10H,2-3,5-6H2,1H3. The summed E-state index contributed by atoms with van der Waals surface area (Å²) >= 11 is 1.24. The van der Waals surface area contributed by atoms with E-state index in [2.05, 4.69) is 15.5 Å². The number of nitrogens with zero attached hydrogens (tertiary/aromatic N) is 4. The largest absolute Gasteiger partial charge is 0.294 e. The molecular formula is C14H15FN4OS. The summed E-state index contributed by atoms with van der Waals surface area (Å²) < 4.78 is 15.6. The van der Waals surface area contributed by atoms with Crippen LogP contribution >= 0.6 is 11.8 Å². The van der Waals surface area contributed by atoms with Crippen LogP contribution in [0.25, 0.3) is 0 Å². The summed E-state index contributed by atoms with van der Waals surface area (Å²) in [4.78, 5) is 12.2. The molecule has 1 aromatic heterocycles. The summed E-state index contributed by atoms with van der Waals surface area (Å²) in [6.07, 6.45) is 4.46. The fourth-order valence-corrected chi connectivity index (χ4v) is 3.70. The molecule has 1 aromatic carbocycles. The molecular weight excluding hydrogens is 291 g/mol. The molecule has 0 spiro atoms. The van der Waals surface area contributed by atoms with Crippen molar-refractivity contribution < 1.29 is 9.18 Å². The molecule has 21 heavy (non-hydrogen) atoms. The summed E-state index contributed by atoms with van der Waals surface area (Å²) in [7, 11) is 0. The van der Waals surface area contributed by atoms with Crippen molar-refractivity contribution in [1.82, 2.24) is 20.2 Å². The Morgan fingerprint density at radius 1 is 1.38 bits per heavy atom. The Hall–Kier alpha value is -1.76. The SMILES string of the molecule is CC(=O)c1c(F)cccc1Sc1nnnn1C1CCCC1. The lowest BCUT2D eigenvalue weighted by atomic mass is 10.1. The molecule has 0 bridgehead atoms. The van der Waals surface area contributed by atoms with E-state index in [0.29, 0.717) is 16.1 Å². The molecule has 0 aliphatic heterocycles. The molecule has 110 valence electrons. The topological polar surface area (TPSA) is 60.7 Å². The first kappa shape index (κ1) is 14.2. The van der Waals surface area contributed by atoms with Crippen molar-refractivity contribution in [2.45, 2.75) is 48.7 Å². The highest BCUT2D eigenvalue weighted by atomic mass is 32.2. The summed E-state index contributed by atoms with van der Waals surface area (Å²) in [5.41, 5.74) is 0.100. The lowest BCUT2D eigenvalue weighted by Crippen LogP contribution is -2.08. The van der Waals surface area contributed by atoms with Crippen molar-refractivity contribution in [2.75, 3.05) is 0 Å². The van der Waals surface area contributed by atoms with Crippen LogP contribution in [0.1, 0.15) is 49.0 Å². The second-order valence-corrected chi connectivity index (χ2v) is 6.12. The average Bonchev–Trinajstić information content (AvgIpc) is 3.08. The van der Waals surface area contributed by atoms with E-state index in [4.69, 9.17) is 0 Å². The maximum atomic E-state index is 13.8. The van der Waals surface area contributed by atoms with Gasteiger partial charge in [-0.1, -0.05) is 18.9 Å². The predicted molar refractivity (Wildman–Crippen MR) is 75.8 cm³/mol. The number of rotatable bonds is 4. The van der Waals surface area contributed by atoms with Crippen molar-refractivity contribution in [2.24, 2.45) is 0 Å². The number of halogens is 1. The summed E-state index contributed by atoms with van der Waals surface area (Å²) in [6.45, 7) is 1.36. The normalized spacial score (nSPS) is 15.5. The number of hydrogen-bond acceptors (Lipinski definition) is 5. The third-order valence-electron chi connectivity index (χ3n) is 3.66. The molecule has 1 aliphatic carbocycles. The van der Waals surface area contributed by atoms with E-state index < -0.39 is 5.82 Å². The maximum absolute atomic E-state index is 13.8. The van der Waals surface area contributed by atoms with Gasteiger partial charge in [0.05, 0.1) is 11.6 Å². The number of tetrazole rings is 1. The van der Waals surface area contributed by atoms with Crippen LogP contribution in [0.5, 0.6) is 0 Å². The third kappa shape index (κ3) is 2.83. The van der Waals surface area contributed by atoms with E-state index in [9.17, 15) is 9.18 Å². The molecule has 1 saturated carbocycles. The van der Waals surface area contributed by atoms with Crippen LogP contribution in [0.3, 0.4) is 0 Å². The van der Waals surface area contributed by atoms with Gasteiger partial charge in [0.1, 0.15) is 5.82 Å². The van der Waals surface area contributed by atoms with Gasteiger partial charge in [0.2, 0.25) is 5.16 Å². The van der Waals surface area contributed by atoms with Crippen molar-refractivity contribution >= 4 is 17.5 Å². The number of carbonyl (C=O) groups is 1. The first-order valence-corrected chi connectivity index (χ1v) is 7.73. The molecule has 1 aliphatic rings. The predicted octanol–water partition coefficient (Wildman–Crippen LogP) is 3.28. The number of hydrogen-bond donors (Lipinski definition) is 0. The van der Waals surface area contributed by atoms with Crippen molar-refractivity contribution in [1.29, 1.82) is 0 Å². The molecule has 0 radical (unpaired) electrons. The lowest BCUT2D eigenvalue weighted by Gasteiger charge is -2.12. The van der Waals surface area contributed by atoms with Gasteiger partial charge in [-0.05, 0) is 54.1 Å². The van der Waals surface area contributed by atoms with Crippen molar-refractivity contribution in [3.8, 4) is 0 Å². The number of benzene rings is 1. The molecule has 1 heterocycles. The molecule has 0 unspecified atom stereocenters. The van der Waals surface area contributed by atoms with Crippen LogP contribution < -0.4 is 0 Å². The molecule has 1 fully saturated rings. The fraction of sp³-hybridized carbons (Fsp3) is 0.429. The first-order chi connectivity index (χ1) is 10.2. The Kier molecular flexibility index (Phi) is 4.01. The molecule has 3 rings (SSSR count). The second kappa shape index (κ2) is 5.93. The Labute approximate surface area is 125 Å². The van der Waals surface area contributed by atoms with E-state index in [1.165, 1.54) is 37.6 Å². The van der Waals surface area contributed by atoms with Crippen molar-refractivity contribution in [3.63, 3.8) is 0 Å². The number of ketones is 1. The smallest absolute Gasteiger partial charge is 0.214 e. The minimum Gasteiger partial charge on any atom is -0.294 e. The maximum Gasteiger partial charge on any atom is 0.214 e. The van der Waals surface area contributed by atoms with E-state index in [1.807, 2.05) is 0 Å². The highest BCUT2D eigenvalue weighted by Crippen LogP contribution is 2.35. The van der Waals surface area contributed by atoms with Crippen LogP contribution in [0.4, 0.5) is 4.39 Å². The minimum absolute atomic E-state index is 0.100. The van der Waals surface area contributed by atoms with E-state index in [0.717, 1.165) is 12.8 Å². The van der Waals surface area contributed by atoms with Gasteiger partial charge >= 0.3 is 0 Å². The highest BCUT2D eigenvalue weighted by molar-refractivity contribution is 7.99. The second-order valence-electron chi connectivity index (χ2n) is 5.12. The summed E-state index contributed by atoms with van der Waals surface area (Å²) in [5.74, 6) is -0.803. The van der Waals surface area contributed by atoms with E-state index in [-0.39, 0.29) is 11.3 Å². The first-order valence-electron chi connectivity index (χ1n) is 6.92. The number of aromatic nitrogens is 4. The van der Waals surface area contributed by atoms with Gasteiger partial charge in [-0.25, -0.2) is 9.07 Å². The van der Waals surface area contributed by atoms with Gasteiger partial charge in [0.15, 0.2) is 5.78 Å². The zero-order valence-corrected chi connectivity index (χ0v) is 12.4. The monoisotopic (exact) mass is 306 g/mol. The Morgan fingerprint density at radius 3 is 2.86 bits per heavy atom. The Bertz CT molecular complexity index is 667. The molecule has 0 saturated heterocycles. The third-order valence-corrected chi connectivity index (χ3v) is 4.67. The Morgan fingerprint density at radius 2 is 2.14 bits per heavy atom. The van der Waals surface area contributed by atoms with Crippen LogP contribution in [0.15, 0.2) is 28.3 Å². The van der Waals surface area contributed by atoms with Gasteiger partial charge in [-0.2, -0.15) is 0 Å². The summed E-state index contributed by atoms with van der Waals surface area (Å²) in [6, 6.07) is 4.91. The van der Waals surface area contributed by atoms with Gasteiger partial charge < -0.3 is 0 Å². The zero-order valence-electron chi connectivity index (χ0n) is 11.6. The summed E-state index contributed by atoms with van der Waals surface area (Å²) in [5, 5.41) is 12.4. The zero-order chi connectivity index (χ0) is 14.8. The van der Waals surface area contributed by atoms with E-state index in [1.54, 1.807) is 16.8 Å². The number of Topliss-reactive ketones (excluding diaryl/α,β-unsaturated/α-hetero) is 1. The highest BCUT2D eigenvalue weighted by Gasteiger charge is 2.23.